The normalized spacial score (nSPS) is 11.0. The van der Waals surface area contributed by atoms with Gasteiger partial charge in [-0.2, -0.15) is 0 Å². The van der Waals surface area contributed by atoms with E-state index in [1.165, 1.54) is 28.7 Å². The summed E-state index contributed by atoms with van der Waals surface area (Å²) in [5.41, 5.74) is 5.75. The molecule has 0 fully saturated rings. The summed E-state index contributed by atoms with van der Waals surface area (Å²) in [4.78, 5) is 30.9. The van der Waals surface area contributed by atoms with E-state index in [4.69, 9.17) is 9.72 Å². The zero-order valence-electron chi connectivity index (χ0n) is 18.8. The number of anilines is 1. The van der Waals surface area contributed by atoms with Crippen molar-refractivity contribution in [1.29, 1.82) is 0 Å². The fraction of sp³-hybridized carbons (Fsp3) is 0.375. The van der Waals surface area contributed by atoms with Gasteiger partial charge in [0.05, 0.1) is 23.4 Å². The van der Waals surface area contributed by atoms with Crippen molar-refractivity contribution < 1.29 is 14.3 Å². The Morgan fingerprint density at radius 1 is 1.13 bits per heavy atom. The molecule has 5 nitrogen and oxygen atoms in total. The number of amides is 1. The number of carbonyl (C=O) groups excluding carboxylic acids is 2. The molecule has 7 heteroatoms. The Morgan fingerprint density at radius 3 is 2.55 bits per heavy atom. The third-order valence-electron chi connectivity index (χ3n) is 5.13. The maximum absolute atomic E-state index is 12.7. The van der Waals surface area contributed by atoms with Crippen LogP contribution in [0.4, 0.5) is 5.00 Å². The van der Waals surface area contributed by atoms with Gasteiger partial charge in [0.2, 0.25) is 5.91 Å². The molecule has 0 radical (unpaired) electrons. The minimum absolute atomic E-state index is 0.165. The van der Waals surface area contributed by atoms with Crippen LogP contribution in [0.1, 0.15) is 51.3 Å². The molecule has 0 bridgehead atoms. The van der Waals surface area contributed by atoms with Gasteiger partial charge >= 0.3 is 5.97 Å². The van der Waals surface area contributed by atoms with Gasteiger partial charge < -0.3 is 10.1 Å². The van der Waals surface area contributed by atoms with Crippen LogP contribution in [0.3, 0.4) is 0 Å². The molecule has 164 valence electrons. The first-order valence-electron chi connectivity index (χ1n) is 10.4. The summed E-state index contributed by atoms with van der Waals surface area (Å²) in [6, 6.07) is 6.45. The van der Waals surface area contributed by atoms with E-state index in [0.29, 0.717) is 17.2 Å². The molecule has 3 rings (SSSR count). The third-order valence-corrected chi connectivity index (χ3v) is 7.29. The van der Waals surface area contributed by atoms with Crippen LogP contribution in [0.2, 0.25) is 0 Å². The number of nitrogens with one attached hydrogen (secondary N) is 1. The van der Waals surface area contributed by atoms with E-state index >= 15 is 0 Å². The average Bonchev–Trinajstić information content (AvgIpc) is 2.99. The van der Waals surface area contributed by atoms with Gasteiger partial charge in [0, 0.05) is 10.3 Å². The lowest BCUT2D eigenvalue weighted by Crippen LogP contribution is -2.16. The van der Waals surface area contributed by atoms with Gasteiger partial charge in [0.1, 0.15) is 10.0 Å². The summed E-state index contributed by atoms with van der Waals surface area (Å²) in [5, 5.41) is 5.46. The van der Waals surface area contributed by atoms with Gasteiger partial charge in [0.25, 0.3) is 0 Å². The molecule has 31 heavy (non-hydrogen) atoms. The van der Waals surface area contributed by atoms with Crippen LogP contribution in [0.5, 0.6) is 0 Å². The highest BCUT2D eigenvalue weighted by atomic mass is 32.2. The molecule has 0 aliphatic carbocycles. The van der Waals surface area contributed by atoms with Crippen molar-refractivity contribution >= 4 is 50.9 Å². The molecule has 0 atom stereocenters. The molecular formula is C24H28N2O3S2. The fourth-order valence-electron chi connectivity index (χ4n) is 3.52. The highest BCUT2D eigenvalue weighted by Crippen LogP contribution is 2.34. The number of hydrogen-bond donors (Lipinski definition) is 1. The second-order valence-electron chi connectivity index (χ2n) is 7.50. The van der Waals surface area contributed by atoms with Crippen molar-refractivity contribution in [2.24, 2.45) is 0 Å². The van der Waals surface area contributed by atoms with Crippen LogP contribution < -0.4 is 5.32 Å². The smallest absolute Gasteiger partial charge is 0.341 e. The van der Waals surface area contributed by atoms with E-state index in [1.54, 1.807) is 6.92 Å². The van der Waals surface area contributed by atoms with Crippen molar-refractivity contribution in [3.63, 3.8) is 0 Å². The van der Waals surface area contributed by atoms with Gasteiger partial charge in [-0.1, -0.05) is 30.3 Å². The van der Waals surface area contributed by atoms with E-state index in [2.05, 4.69) is 44.3 Å². The fourth-order valence-corrected chi connectivity index (χ4v) is 5.47. The van der Waals surface area contributed by atoms with Gasteiger partial charge in [-0.15, -0.1) is 11.3 Å². The predicted molar refractivity (Wildman–Crippen MR) is 130 cm³/mol. The van der Waals surface area contributed by atoms with Crippen LogP contribution in [0.15, 0.2) is 23.2 Å². The maximum Gasteiger partial charge on any atom is 0.341 e. The predicted octanol–water partition coefficient (Wildman–Crippen LogP) is 6.00. The summed E-state index contributed by atoms with van der Waals surface area (Å²) >= 11 is 2.83. The maximum atomic E-state index is 12.7. The first-order chi connectivity index (χ1) is 14.7. The van der Waals surface area contributed by atoms with Crippen molar-refractivity contribution in [3.05, 3.63) is 50.9 Å². The number of hydrogen-bond acceptors (Lipinski definition) is 6. The number of esters is 1. The average molecular weight is 457 g/mol. The minimum Gasteiger partial charge on any atom is -0.462 e. The SMILES string of the molecule is CCOC(=O)c1c(NC(=O)CSc2nc3c(C)cc(C)cc3cc2CC)sc(C)c1C. The zero-order valence-corrected chi connectivity index (χ0v) is 20.5. The Bertz CT molecular complexity index is 1150. The van der Waals surface area contributed by atoms with Gasteiger partial charge in [-0.25, -0.2) is 9.78 Å². The molecule has 1 N–H and O–H groups in total. The Kier molecular flexibility index (Phi) is 7.38. The number of fused-ring (bicyclic) bond motifs is 1. The molecule has 0 unspecified atom stereocenters. The number of carbonyl (C=O) groups is 2. The highest BCUT2D eigenvalue weighted by Gasteiger charge is 2.22. The molecule has 1 amide bonds. The van der Waals surface area contributed by atoms with Crippen molar-refractivity contribution in [2.45, 2.75) is 53.0 Å². The van der Waals surface area contributed by atoms with E-state index in [-0.39, 0.29) is 11.7 Å². The molecule has 2 aromatic heterocycles. The van der Waals surface area contributed by atoms with Crippen LogP contribution in [-0.2, 0) is 16.0 Å². The first-order valence-corrected chi connectivity index (χ1v) is 12.2. The van der Waals surface area contributed by atoms with Gasteiger partial charge in [-0.05, 0) is 69.9 Å². The molecule has 3 aromatic rings. The monoisotopic (exact) mass is 456 g/mol. The van der Waals surface area contributed by atoms with E-state index in [0.717, 1.165) is 43.9 Å². The van der Waals surface area contributed by atoms with Crippen molar-refractivity contribution in [1.82, 2.24) is 4.98 Å². The number of aromatic nitrogens is 1. The Labute approximate surface area is 191 Å². The quantitative estimate of drug-likeness (QED) is 0.349. The summed E-state index contributed by atoms with van der Waals surface area (Å²) in [6.45, 7) is 12.1. The molecule has 0 spiro atoms. The number of nitrogens with zero attached hydrogens (tertiary/aromatic N) is 1. The molecular weight excluding hydrogens is 428 g/mol. The number of aryl methyl sites for hydroxylation is 4. The second kappa shape index (κ2) is 9.83. The lowest BCUT2D eigenvalue weighted by Gasteiger charge is -2.11. The number of benzene rings is 1. The summed E-state index contributed by atoms with van der Waals surface area (Å²) in [7, 11) is 0. The molecule has 0 aliphatic rings. The van der Waals surface area contributed by atoms with E-state index < -0.39 is 5.97 Å². The molecule has 0 saturated carbocycles. The standard InChI is InChI=1S/C24H28N2O3S2/c1-7-17-11-18-10-13(3)9-14(4)21(18)26-22(17)30-12-19(27)25-23-20(24(28)29-8-2)15(5)16(6)31-23/h9-11H,7-8,12H2,1-6H3,(H,25,27). The molecule has 0 saturated heterocycles. The number of pyridine rings is 1. The van der Waals surface area contributed by atoms with Crippen LogP contribution in [-0.4, -0.2) is 29.2 Å². The van der Waals surface area contributed by atoms with Crippen LogP contribution in [0.25, 0.3) is 10.9 Å². The zero-order chi connectivity index (χ0) is 22.7. The third kappa shape index (κ3) is 5.10. The number of ether oxygens (including phenoxy) is 1. The Balaban J connectivity index is 1.79. The van der Waals surface area contributed by atoms with E-state index in [9.17, 15) is 9.59 Å². The number of thioether (sulfide) groups is 1. The number of rotatable bonds is 7. The number of thiophene rings is 1. The first kappa shape index (κ1) is 23.3. The Hall–Kier alpha value is -2.38. The van der Waals surface area contributed by atoms with E-state index in [1.807, 2.05) is 13.8 Å². The lowest BCUT2D eigenvalue weighted by atomic mass is 10.0. The largest absolute Gasteiger partial charge is 0.462 e. The lowest BCUT2D eigenvalue weighted by molar-refractivity contribution is -0.113. The van der Waals surface area contributed by atoms with Crippen molar-refractivity contribution in [2.75, 3.05) is 17.7 Å². The molecule has 0 aliphatic heterocycles. The Morgan fingerprint density at radius 2 is 1.87 bits per heavy atom. The topological polar surface area (TPSA) is 68.3 Å². The summed E-state index contributed by atoms with van der Waals surface area (Å²) < 4.78 is 5.17. The molecule has 1 aromatic carbocycles. The highest BCUT2D eigenvalue weighted by molar-refractivity contribution is 8.00. The minimum atomic E-state index is -0.400. The molecule has 2 heterocycles. The van der Waals surface area contributed by atoms with Crippen LogP contribution in [0, 0.1) is 27.7 Å². The van der Waals surface area contributed by atoms with Crippen LogP contribution >= 0.6 is 23.1 Å². The van der Waals surface area contributed by atoms with Gasteiger partial charge in [-0.3, -0.25) is 4.79 Å². The van der Waals surface area contributed by atoms with Crippen molar-refractivity contribution in [3.8, 4) is 0 Å². The summed E-state index contributed by atoms with van der Waals surface area (Å²) in [6.07, 6.45) is 0.843. The second-order valence-corrected chi connectivity index (χ2v) is 9.69. The van der Waals surface area contributed by atoms with Gasteiger partial charge in [0.15, 0.2) is 0 Å². The summed E-state index contributed by atoms with van der Waals surface area (Å²) in [5.74, 6) is -0.349.